The van der Waals surface area contributed by atoms with Crippen LogP contribution in [0.2, 0.25) is 10.2 Å². The molecular formula is C13H28Li2. The van der Waals surface area contributed by atoms with Crippen LogP contribution in [0.5, 0.6) is 0 Å². The van der Waals surface area contributed by atoms with Crippen molar-refractivity contribution >= 4 is 35.4 Å². The SMILES string of the molecule is [Li][CH2]C(CC)CCCC.[Li][CH2]CCCC. The zero-order chi connectivity index (χ0) is 11.9. The van der Waals surface area contributed by atoms with Crippen LogP contribution in [0.3, 0.4) is 0 Å². The first kappa shape index (κ1) is 18.6. The van der Waals surface area contributed by atoms with Gasteiger partial charge in [0.15, 0.2) is 0 Å². The van der Waals surface area contributed by atoms with Crippen molar-refractivity contribution in [3.8, 4) is 0 Å². The van der Waals surface area contributed by atoms with Gasteiger partial charge in [0, 0.05) is 0 Å². The molecule has 0 heterocycles. The van der Waals surface area contributed by atoms with Crippen molar-refractivity contribution in [3.05, 3.63) is 0 Å². The van der Waals surface area contributed by atoms with E-state index in [1.165, 1.54) is 55.1 Å². The summed E-state index contributed by atoms with van der Waals surface area (Å²) in [5.74, 6) is 1.00. The molecule has 0 nitrogen and oxygen atoms in total. The number of hydrogen-bond donors (Lipinski definition) is 0. The van der Waals surface area contributed by atoms with Crippen molar-refractivity contribution in [3.63, 3.8) is 0 Å². The quantitative estimate of drug-likeness (QED) is 0.396. The van der Waals surface area contributed by atoms with E-state index in [1.807, 2.05) is 0 Å². The van der Waals surface area contributed by atoms with Crippen molar-refractivity contribution in [2.45, 2.75) is 75.9 Å². The molecule has 0 aromatic carbocycles. The predicted molar refractivity (Wildman–Crippen MR) is 74.0 cm³/mol. The monoisotopic (exact) mass is 198 g/mol. The first-order chi connectivity index (χ1) is 7.26. The van der Waals surface area contributed by atoms with Crippen LogP contribution in [-0.4, -0.2) is 35.4 Å². The van der Waals surface area contributed by atoms with Gasteiger partial charge in [-0.05, 0) is 0 Å². The summed E-state index contributed by atoms with van der Waals surface area (Å²) in [6.07, 6.45) is 9.78. The number of hydrogen-bond acceptors (Lipinski definition) is 0. The van der Waals surface area contributed by atoms with E-state index < -0.39 is 0 Å². The van der Waals surface area contributed by atoms with E-state index in [-0.39, 0.29) is 0 Å². The van der Waals surface area contributed by atoms with E-state index in [9.17, 15) is 0 Å². The molecule has 0 aromatic rings. The van der Waals surface area contributed by atoms with Gasteiger partial charge in [0.1, 0.15) is 0 Å². The summed E-state index contributed by atoms with van der Waals surface area (Å²) in [7, 11) is 0. The molecule has 1 atom stereocenters. The van der Waals surface area contributed by atoms with Crippen LogP contribution in [-0.2, 0) is 0 Å². The molecule has 0 radical (unpaired) electrons. The summed E-state index contributed by atoms with van der Waals surface area (Å²) in [5.41, 5.74) is 0. The van der Waals surface area contributed by atoms with Gasteiger partial charge in [-0.15, -0.1) is 0 Å². The second-order valence-electron chi connectivity index (χ2n) is 4.53. The molecule has 0 saturated carbocycles. The van der Waals surface area contributed by atoms with Gasteiger partial charge < -0.3 is 0 Å². The van der Waals surface area contributed by atoms with Crippen LogP contribution in [0, 0.1) is 5.92 Å². The zero-order valence-corrected chi connectivity index (χ0v) is 11.9. The van der Waals surface area contributed by atoms with Crippen LogP contribution in [0.25, 0.3) is 0 Å². The molecule has 0 rings (SSSR count). The molecule has 0 bridgehead atoms. The van der Waals surface area contributed by atoms with E-state index in [2.05, 4.69) is 56.2 Å². The number of rotatable bonds is 8. The maximum absolute atomic E-state index is 2.30. The molecule has 0 amide bonds. The fourth-order valence-electron chi connectivity index (χ4n) is 1.69. The molecule has 0 aliphatic carbocycles. The first-order valence-electron chi connectivity index (χ1n) is 7.26. The van der Waals surface area contributed by atoms with Crippen LogP contribution in [0.1, 0.15) is 65.7 Å². The number of unbranched alkanes of at least 4 members (excludes halogenated alkanes) is 3. The molecular weight excluding hydrogens is 170 g/mol. The zero-order valence-electron chi connectivity index (χ0n) is 11.9. The van der Waals surface area contributed by atoms with Gasteiger partial charge in [-0.1, -0.05) is 0 Å². The van der Waals surface area contributed by atoms with Gasteiger partial charge in [0.25, 0.3) is 0 Å². The Hall–Kier alpha value is 1.19. The fourth-order valence-corrected chi connectivity index (χ4v) is 1.69. The minimum atomic E-state index is 1.00. The average Bonchev–Trinajstić information content (AvgIpc) is 2.29. The summed E-state index contributed by atoms with van der Waals surface area (Å²) in [6.45, 7) is 6.79. The second kappa shape index (κ2) is 17.6. The van der Waals surface area contributed by atoms with Crippen molar-refractivity contribution < 1.29 is 0 Å². The minimum absolute atomic E-state index is 1.00. The fraction of sp³-hybridized carbons (Fsp3) is 1.00. The molecule has 2 heteroatoms. The van der Waals surface area contributed by atoms with Crippen LogP contribution in [0.4, 0.5) is 0 Å². The Balaban J connectivity index is 0. The Kier molecular flexibility index (Phi) is 21.8. The van der Waals surface area contributed by atoms with Gasteiger partial charge in [-0.25, -0.2) is 0 Å². The second-order valence-corrected chi connectivity index (χ2v) is 4.53. The summed E-state index contributed by atoms with van der Waals surface area (Å²) < 4.78 is 0. The predicted octanol–water partition coefficient (Wildman–Crippen LogP) is 4.55. The molecule has 82 valence electrons. The standard InChI is InChI=1S/C8H17.C5H11.2Li/c1-4-6-7-8(3)5-2;1-3-5-4-2;;/h8H,3-7H2,1-2H3;1,3-5H2,2H3;;. The normalized spacial score (nSPS) is 11.9. The average molecular weight is 198 g/mol. The molecule has 0 fully saturated rings. The van der Waals surface area contributed by atoms with Gasteiger partial charge in [-0.2, -0.15) is 0 Å². The molecule has 0 saturated heterocycles. The molecule has 0 N–H and O–H groups in total. The van der Waals surface area contributed by atoms with Crippen molar-refractivity contribution in [2.24, 2.45) is 5.92 Å². The van der Waals surface area contributed by atoms with E-state index in [0.29, 0.717) is 0 Å². The molecule has 1 unspecified atom stereocenters. The van der Waals surface area contributed by atoms with Crippen LogP contribution >= 0.6 is 0 Å². The third-order valence-electron chi connectivity index (χ3n) is 3.08. The van der Waals surface area contributed by atoms with Gasteiger partial charge in [0.2, 0.25) is 0 Å². The Morgan fingerprint density at radius 1 is 0.867 bits per heavy atom. The van der Waals surface area contributed by atoms with Gasteiger partial charge >= 0.3 is 117 Å². The third-order valence-corrected chi connectivity index (χ3v) is 3.08. The summed E-state index contributed by atoms with van der Waals surface area (Å²) >= 11 is 4.53. The molecule has 15 heavy (non-hydrogen) atoms. The van der Waals surface area contributed by atoms with Crippen molar-refractivity contribution in [1.29, 1.82) is 0 Å². The van der Waals surface area contributed by atoms with E-state index in [1.54, 1.807) is 0 Å². The van der Waals surface area contributed by atoms with Gasteiger partial charge in [0.05, 0.1) is 0 Å². The van der Waals surface area contributed by atoms with Gasteiger partial charge in [-0.3, -0.25) is 0 Å². The third kappa shape index (κ3) is 17.8. The maximum atomic E-state index is 2.30. The molecule has 0 aliphatic heterocycles. The Labute approximate surface area is 117 Å². The van der Waals surface area contributed by atoms with Crippen molar-refractivity contribution in [1.82, 2.24) is 0 Å². The molecule has 0 aromatic heterocycles. The topological polar surface area (TPSA) is 0 Å². The summed E-state index contributed by atoms with van der Waals surface area (Å²) in [6, 6.07) is 0. The Bertz CT molecular complexity index is 86.5. The molecule has 0 aliphatic rings. The van der Waals surface area contributed by atoms with E-state index in [4.69, 9.17) is 0 Å². The Morgan fingerprint density at radius 3 is 1.73 bits per heavy atom. The van der Waals surface area contributed by atoms with Crippen LogP contribution in [0.15, 0.2) is 0 Å². The summed E-state index contributed by atoms with van der Waals surface area (Å²) in [5, 5.41) is 2.73. The van der Waals surface area contributed by atoms with E-state index in [0.717, 1.165) is 5.92 Å². The van der Waals surface area contributed by atoms with Crippen LogP contribution < -0.4 is 0 Å². The van der Waals surface area contributed by atoms with Crippen molar-refractivity contribution in [2.75, 3.05) is 0 Å². The molecule has 0 spiro atoms. The first-order valence-corrected chi connectivity index (χ1v) is 7.26. The summed E-state index contributed by atoms with van der Waals surface area (Å²) in [4.78, 5) is 0. The van der Waals surface area contributed by atoms with E-state index >= 15 is 0 Å². The Morgan fingerprint density at radius 2 is 1.47 bits per heavy atom.